The summed E-state index contributed by atoms with van der Waals surface area (Å²) in [5.41, 5.74) is 4.50. The Bertz CT molecular complexity index is 1040. The van der Waals surface area contributed by atoms with Gasteiger partial charge in [-0.1, -0.05) is 42.8 Å². The third-order valence-corrected chi connectivity index (χ3v) is 4.91. The molecule has 3 amide bonds. The first kappa shape index (κ1) is 25.1. The van der Waals surface area contributed by atoms with Crippen molar-refractivity contribution >= 4 is 36.5 Å². The van der Waals surface area contributed by atoms with Crippen LogP contribution in [0, 0.1) is 0 Å². The van der Waals surface area contributed by atoms with Crippen molar-refractivity contribution in [1.29, 1.82) is 0 Å². The van der Waals surface area contributed by atoms with E-state index >= 15 is 0 Å². The maximum absolute atomic E-state index is 12.0. The summed E-state index contributed by atoms with van der Waals surface area (Å²) in [6.07, 6.45) is -0.488. The highest BCUT2D eigenvalue weighted by Gasteiger charge is 2.34. The van der Waals surface area contributed by atoms with E-state index in [2.05, 4.69) is 10.1 Å². The number of fused-ring (bicyclic) bond motifs is 3. The van der Waals surface area contributed by atoms with Crippen LogP contribution in [0.25, 0.3) is 11.1 Å². The van der Waals surface area contributed by atoms with E-state index in [1.807, 2.05) is 36.4 Å². The molecule has 1 N–H and O–H groups in total. The first-order valence-electron chi connectivity index (χ1n) is 9.60. The Morgan fingerprint density at radius 1 is 1.06 bits per heavy atom. The average molecular weight is 456 g/mol. The number of hydroxylamine groups is 2. The molecule has 10 nitrogen and oxygen atoms in total. The molecule has 1 aliphatic carbocycles. The lowest BCUT2D eigenvalue weighted by atomic mass is 9.97. The van der Waals surface area contributed by atoms with Crippen molar-refractivity contribution in [3.05, 3.63) is 53.6 Å². The quantitative estimate of drug-likeness (QED) is 0.399. The van der Waals surface area contributed by atoms with Crippen LogP contribution in [-0.4, -0.2) is 49.6 Å². The Kier molecular flexibility index (Phi) is 8.67. The van der Waals surface area contributed by atoms with Crippen LogP contribution >= 0.6 is 0 Å². The van der Waals surface area contributed by atoms with Crippen LogP contribution < -0.4 is 5.32 Å². The van der Waals surface area contributed by atoms with E-state index in [-0.39, 0.29) is 32.8 Å². The number of amides is 3. The molecule has 1 unspecified atom stereocenters. The van der Waals surface area contributed by atoms with Crippen LogP contribution in [0.2, 0.25) is 0 Å². The Balaban J connectivity index is 0.000000714. The molecule has 0 spiro atoms. The Morgan fingerprint density at radius 3 is 2.33 bits per heavy atom. The van der Waals surface area contributed by atoms with Crippen LogP contribution in [-0.2, 0) is 33.5 Å². The third-order valence-electron chi connectivity index (χ3n) is 4.91. The van der Waals surface area contributed by atoms with Crippen molar-refractivity contribution < 1.29 is 38.3 Å². The van der Waals surface area contributed by atoms with E-state index in [9.17, 15) is 19.2 Å². The third kappa shape index (κ3) is 5.53. The van der Waals surface area contributed by atoms with Crippen molar-refractivity contribution in [2.24, 2.45) is 0 Å². The van der Waals surface area contributed by atoms with Gasteiger partial charge in [0.05, 0.1) is 7.11 Å². The number of benzene rings is 2. The van der Waals surface area contributed by atoms with Gasteiger partial charge in [0.2, 0.25) is 6.41 Å². The number of anilines is 1. The summed E-state index contributed by atoms with van der Waals surface area (Å²) < 4.78 is 9.06. The van der Waals surface area contributed by atoms with E-state index in [0.717, 1.165) is 22.3 Å². The number of imide groups is 1. The first-order chi connectivity index (χ1) is 15.5. The van der Waals surface area contributed by atoms with Crippen LogP contribution in [0.15, 0.2) is 42.5 Å². The van der Waals surface area contributed by atoms with Gasteiger partial charge in [0, 0.05) is 24.4 Å². The molecule has 0 bridgehead atoms. The lowest BCUT2D eigenvalue weighted by Crippen LogP contribution is -2.32. The largest absolute Gasteiger partial charge is 0.533 e. The average Bonchev–Trinajstić information content (AvgIpc) is 3.29. The predicted molar refractivity (Wildman–Crippen MR) is 117 cm³/mol. The zero-order valence-electron chi connectivity index (χ0n) is 17.1. The minimum atomic E-state index is -1.11. The minimum Gasteiger partial charge on any atom is -0.471 e. The van der Waals surface area contributed by atoms with Gasteiger partial charge in [-0.05, 0) is 34.4 Å². The standard InChI is InChI=1S/C20H16N2O6.C2H4O2.CH4/c23-11-21-12-5-6-15-13-3-1-2-4-14(13)17(16(15)9-12)10-27-20(26)28-22-18(24)7-8-19(22)25;1-4-2-3;/h1-6,9,11,17H,7-8,10H2,(H,21,23);2H,1H3;1H4. The monoisotopic (exact) mass is 456 g/mol. The zero-order chi connectivity index (χ0) is 23.1. The highest BCUT2D eigenvalue weighted by Crippen LogP contribution is 2.45. The smallest absolute Gasteiger partial charge is 0.471 e. The number of hydrogen-bond donors (Lipinski definition) is 1. The normalized spacial score (nSPS) is 15.2. The van der Waals surface area contributed by atoms with Crippen molar-refractivity contribution in [2.75, 3.05) is 19.0 Å². The zero-order valence-corrected chi connectivity index (χ0v) is 17.1. The van der Waals surface area contributed by atoms with Crippen LogP contribution in [0.1, 0.15) is 37.3 Å². The van der Waals surface area contributed by atoms with Gasteiger partial charge in [0.15, 0.2) is 0 Å². The van der Waals surface area contributed by atoms with Gasteiger partial charge >= 0.3 is 6.16 Å². The second-order valence-electron chi connectivity index (χ2n) is 6.77. The number of nitrogens with zero attached hydrogens (tertiary/aromatic N) is 1. The van der Waals surface area contributed by atoms with E-state index in [4.69, 9.17) is 14.4 Å². The molecule has 0 aromatic heterocycles. The summed E-state index contributed by atoms with van der Waals surface area (Å²) >= 11 is 0. The SMILES string of the molecule is C.COC=O.O=CNc1ccc2c(c1)C(COC(=O)ON1C(=O)CCC1=O)c1ccccc1-2. The van der Waals surface area contributed by atoms with Gasteiger partial charge in [-0.2, -0.15) is 0 Å². The summed E-state index contributed by atoms with van der Waals surface area (Å²) in [4.78, 5) is 59.5. The fraction of sp³-hybridized carbons (Fsp3) is 0.261. The maximum Gasteiger partial charge on any atom is 0.533 e. The molecule has 33 heavy (non-hydrogen) atoms. The molecule has 2 aromatic carbocycles. The van der Waals surface area contributed by atoms with Gasteiger partial charge in [0.1, 0.15) is 6.61 Å². The molecule has 1 fully saturated rings. The van der Waals surface area contributed by atoms with Crippen molar-refractivity contribution in [3.63, 3.8) is 0 Å². The molecule has 1 aliphatic heterocycles. The molecular weight excluding hydrogens is 432 g/mol. The summed E-state index contributed by atoms with van der Waals surface area (Å²) in [6.45, 7) is 0.337. The Hall–Kier alpha value is -4.21. The fourth-order valence-electron chi connectivity index (χ4n) is 3.56. The summed E-state index contributed by atoms with van der Waals surface area (Å²) in [5, 5.41) is 3.06. The summed E-state index contributed by atoms with van der Waals surface area (Å²) in [5.74, 6) is -1.40. The molecule has 0 radical (unpaired) electrons. The molecule has 1 atom stereocenters. The van der Waals surface area contributed by atoms with Crippen molar-refractivity contribution in [3.8, 4) is 11.1 Å². The summed E-state index contributed by atoms with van der Waals surface area (Å²) in [6, 6.07) is 13.3. The number of carbonyl (C=O) groups excluding carboxylic acids is 5. The predicted octanol–water partition coefficient (Wildman–Crippen LogP) is 3.01. The lowest BCUT2D eigenvalue weighted by molar-refractivity contribution is -0.177. The molecule has 1 heterocycles. The van der Waals surface area contributed by atoms with Gasteiger partial charge < -0.3 is 14.8 Å². The Morgan fingerprint density at radius 2 is 1.70 bits per heavy atom. The fourth-order valence-corrected chi connectivity index (χ4v) is 3.56. The number of methoxy groups -OCH3 is 1. The number of hydrogen-bond acceptors (Lipinski definition) is 8. The second kappa shape index (κ2) is 11.4. The minimum absolute atomic E-state index is 0. The molecule has 4 rings (SSSR count). The number of ether oxygens (including phenoxy) is 2. The number of rotatable bonds is 6. The molecule has 0 saturated carbocycles. The highest BCUT2D eigenvalue weighted by molar-refractivity contribution is 6.01. The highest BCUT2D eigenvalue weighted by atomic mass is 16.8. The van der Waals surface area contributed by atoms with E-state index < -0.39 is 18.0 Å². The summed E-state index contributed by atoms with van der Waals surface area (Å²) in [7, 11) is 1.31. The van der Waals surface area contributed by atoms with Gasteiger partial charge in [-0.25, -0.2) is 4.79 Å². The second-order valence-corrected chi connectivity index (χ2v) is 6.77. The maximum atomic E-state index is 12.0. The Labute approximate surface area is 190 Å². The van der Waals surface area contributed by atoms with Gasteiger partial charge in [-0.15, -0.1) is 0 Å². The van der Waals surface area contributed by atoms with E-state index in [0.29, 0.717) is 23.6 Å². The molecule has 174 valence electrons. The van der Waals surface area contributed by atoms with Gasteiger partial charge in [-0.3, -0.25) is 24.0 Å². The lowest BCUT2D eigenvalue weighted by Gasteiger charge is -2.16. The van der Waals surface area contributed by atoms with Gasteiger partial charge in [0.25, 0.3) is 18.3 Å². The van der Waals surface area contributed by atoms with Crippen LogP contribution in [0.5, 0.6) is 0 Å². The number of carbonyl (C=O) groups is 5. The van der Waals surface area contributed by atoms with E-state index in [1.165, 1.54) is 7.11 Å². The number of nitrogens with one attached hydrogen (secondary N) is 1. The molecule has 2 aromatic rings. The molecule has 1 saturated heterocycles. The van der Waals surface area contributed by atoms with Crippen LogP contribution in [0.3, 0.4) is 0 Å². The van der Waals surface area contributed by atoms with Crippen LogP contribution in [0.4, 0.5) is 10.5 Å². The van der Waals surface area contributed by atoms with E-state index in [1.54, 1.807) is 6.07 Å². The van der Waals surface area contributed by atoms with Crippen molar-refractivity contribution in [1.82, 2.24) is 5.06 Å². The van der Waals surface area contributed by atoms with Crippen molar-refractivity contribution in [2.45, 2.75) is 26.2 Å². The molecule has 10 heteroatoms. The topological polar surface area (TPSA) is 128 Å². The molecule has 2 aliphatic rings. The molecular formula is C23H24N2O8. The first-order valence-corrected chi connectivity index (χ1v) is 9.60.